The van der Waals surface area contributed by atoms with Gasteiger partial charge in [0.15, 0.2) is 0 Å². The number of aromatic nitrogens is 1. The molecule has 0 aliphatic carbocycles. The van der Waals surface area contributed by atoms with E-state index in [0.717, 1.165) is 0 Å². The fourth-order valence-electron chi connectivity index (χ4n) is 4.11. The van der Waals surface area contributed by atoms with Crippen LogP contribution in [0.2, 0.25) is 0 Å². The number of carbonyl (C=O) groups excluding carboxylic acids is 2. The molecule has 25 heavy (non-hydrogen) atoms. The SMILES string of the molecule is CC(=O)N1CC2CC(/C=C/c3ccccn3)=C(C(=O)O)N3C(=O)C1[C@@H]23. The number of rotatable bonds is 3. The van der Waals surface area contributed by atoms with Gasteiger partial charge >= 0.3 is 5.97 Å². The standard InChI is InChI=1S/C18H17N3O4/c1-10(22)20-9-12-8-11(5-6-13-4-2-3-7-19-13)15(18(24)25)21-14(12)16(20)17(21)23/h2-7,12,14,16H,8-9H2,1H3,(H,24,25)/b6-5+/t12?,14-,16?/m1/s1. The highest BCUT2D eigenvalue weighted by atomic mass is 16.4. The minimum absolute atomic E-state index is 0.0279. The summed E-state index contributed by atoms with van der Waals surface area (Å²) in [4.78, 5) is 43.2. The quantitative estimate of drug-likeness (QED) is 0.826. The van der Waals surface area contributed by atoms with E-state index >= 15 is 0 Å². The van der Waals surface area contributed by atoms with E-state index < -0.39 is 12.0 Å². The van der Waals surface area contributed by atoms with Gasteiger partial charge in [0.25, 0.3) is 5.91 Å². The first-order valence-electron chi connectivity index (χ1n) is 8.15. The number of carboxylic acids is 1. The van der Waals surface area contributed by atoms with Gasteiger partial charge in [-0.1, -0.05) is 12.1 Å². The van der Waals surface area contributed by atoms with Gasteiger partial charge in [-0.2, -0.15) is 0 Å². The first-order valence-corrected chi connectivity index (χ1v) is 8.15. The van der Waals surface area contributed by atoms with Crippen molar-refractivity contribution in [3.05, 3.63) is 47.4 Å². The molecule has 7 nitrogen and oxygen atoms in total. The topological polar surface area (TPSA) is 90.8 Å². The molecule has 7 heteroatoms. The highest BCUT2D eigenvalue weighted by Gasteiger charge is 2.63. The minimum Gasteiger partial charge on any atom is -0.477 e. The molecular formula is C18H17N3O4. The number of carboxylic acid groups (broad SMARTS) is 1. The van der Waals surface area contributed by atoms with Crippen molar-refractivity contribution in [3.8, 4) is 0 Å². The van der Waals surface area contributed by atoms with Crippen molar-refractivity contribution < 1.29 is 19.5 Å². The van der Waals surface area contributed by atoms with Crippen LogP contribution in [-0.4, -0.2) is 56.3 Å². The molecule has 3 aliphatic rings. The smallest absolute Gasteiger partial charge is 0.352 e. The summed E-state index contributed by atoms with van der Waals surface area (Å²) in [6.07, 6.45) is 5.66. The van der Waals surface area contributed by atoms with Crippen LogP contribution in [-0.2, 0) is 14.4 Å². The first kappa shape index (κ1) is 15.6. The molecular weight excluding hydrogens is 322 g/mol. The second-order valence-corrected chi connectivity index (χ2v) is 6.55. The third-order valence-electron chi connectivity index (χ3n) is 5.14. The average molecular weight is 339 g/mol. The van der Waals surface area contributed by atoms with Crippen LogP contribution >= 0.6 is 0 Å². The van der Waals surface area contributed by atoms with Crippen LogP contribution in [0.5, 0.6) is 0 Å². The fraction of sp³-hybridized carbons (Fsp3) is 0.333. The van der Waals surface area contributed by atoms with E-state index in [9.17, 15) is 19.5 Å². The lowest BCUT2D eigenvalue weighted by molar-refractivity contribution is -0.159. The number of hydrogen-bond acceptors (Lipinski definition) is 4. The van der Waals surface area contributed by atoms with Gasteiger partial charge < -0.3 is 10.0 Å². The Morgan fingerprint density at radius 2 is 2.12 bits per heavy atom. The Labute approximate surface area is 144 Å². The molecule has 2 amide bonds. The predicted molar refractivity (Wildman–Crippen MR) is 87.8 cm³/mol. The first-order chi connectivity index (χ1) is 12.0. The summed E-state index contributed by atoms with van der Waals surface area (Å²) < 4.78 is 0. The monoisotopic (exact) mass is 339 g/mol. The van der Waals surface area contributed by atoms with Crippen molar-refractivity contribution in [2.24, 2.45) is 5.92 Å². The van der Waals surface area contributed by atoms with Crippen LogP contribution < -0.4 is 0 Å². The van der Waals surface area contributed by atoms with Gasteiger partial charge in [-0.15, -0.1) is 0 Å². The maximum Gasteiger partial charge on any atom is 0.352 e. The average Bonchev–Trinajstić information content (AvgIpc) is 2.96. The van der Waals surface area contributed by atoms with Gasteiger partial charge in [0, 0.05) is 25.6 Å². The molecule has 128 valence electrons. The van der Waals surface area contributed by atoms with E-state index in [4.69, 9.17) is 0 Å². The van der Waals surface area contributed by atoms with E-state index in [1.807, 2.05) is 12.1 Å². The third kappa shape index (κ3) is 2.26. The van der Waals surface area contributed by atoms with Crippen molar-refractivity contribution in [2.75, 3.05) is 6.54 Å². The molecule has 1 aromatic rings. The summed E-state index contributed by atoms with van der Waals surface area (Å²) >= 11 is 0. The number of hydrogen-bond donors (Lipinski definition) is 1. The largest absolute Gasteiger partial charge is 0.477 e. The maximum absolute atomic E-state index is 12.5. The van der Waals surface area contributed by atoms with E-state index in [-0.39, 0.29) is 29.5 Å². The number of pyridine rings is 1. The molecule has 3 aliphatic heterocycles. The lowest BCUT2D eigenvalue weighted by atomic mass is 9.79. The van der Waals surface area contributed by atoms with Gasteiger partial charge in [-0.25, -0.2) is 4.79 Å². The number of β-lactam (4-membered cyclic amide) rings is 1. The van der Waals surface area contributed by atoms with Crippen LogP contribution in [0.25, 0.3) is 6.08 Å². The molecule has 2 unspecified atom stereocenters. The number of allylic oxidation sites excluding steroid dienone is 2. The predicted octanol–water partition coefficient (Wildman–Crippen LogP) is 0.895. The Morgan fingerprint density at radius 3 is 2.76 bits per heavy atom. The Bertz CT molecular complexity index is 830. The Balaban J connectivity index is 1.70. The second-order valence-electron chi connectivity index (χ2n) is 6.55. The van der Waals surface area contributed by atoms with Crippen molar-refractivity contribution in [1.29, 1.82) is 0 Å². The van der Waals surface area contributed by atoms with Crippen LogP contribution in [0.15, 0.2) is 41.7 Å². The van der Waals surface area contributed by atoms with Crippen LogP contribution in [0.4, 0.5) is 0 Å². The van der Waals surface area contributed by atoms with Gasteiger partial charge in [0.2, 0.25) is 5.91 Å². The molecule has 0 radical (unpaired) electrons. The van der Waals surface area contributed by atoms with E-state index in [2.05, 4.69) is 4.98 Å². The molecule has 0 saturated carbocycles. The molecule has 0 spiro atoms. The molecule has 2 saturated heterocycles. The molecule has 1 aromatic heterocycles. The molecule has 1 N–H and O–H groups in total. The molecule has 2 fully saturated rings. The Hall–Kier alpha value is -2.96. The van der Waals surface area contributed by atoms with E-state index in [1.54, 1.807) is 29.3 Å². The summed E-state index contributed by atoms with van der Waals surface area (Å²) in [7, 11) is 0. The Kier molecular flexibility index (Phi) is 3.45. The van der Waals surface area contributed by atoms with Crippen molar-refractivity contribution in [1.82, 2.24) is 14.8 Å². The number of carbonyl (C=O) groups is 3. The molecule has 4 heterocycles. The van der Waals surface area contributed by atoms with Crippen molar-refractivity contribution >= 4 is 23.9 Å². The summed E-state index contributed by atoms with van der Waals surface area (Å²) in [5.41, 5.74) is 1.34. The highest BCUT2D eigenvalue weighted by Crippen LogP contribution is 2.47. The third-order valence-corrected chi connectivity index (χ3v) is 5.14. The maximum atomic E-state index is 12.5. The molecule has 0 bridgehead atoms. The zero-order valence-electron chi connectivity index (χ0n) is 13.6. The van der Waals surface area contributed by atoms with Gasteiger partial charge in [0.1, 0.15) is 11.7 Å². The van der Waals surface area contributed by atoms with E-state index in [0.29, 0.717) is 24.2 Å². The minimum atomic E-state index is -1.12. The molecule has 4 rings (SSSR count). The molecule has 3 atom stereocenters. The Morgan fingerprint density at radius 1 is 1.32 bits per heavy atom. The van der Waals surface area contributed by atoms with Gasteiger partial charge in [-0.3, -0.25) is 19.5 Å². The summed E-state index contributed by atoms with van der Waals surface area (Å²) in [6.45, 7) is 1.93. The molecule has 0 aromatic carbocycles. The zero-order valence-corrected chi connectivity index (χ0v) is 13.6. The number of amides is 2. The van der Waals surface area contributed by atoms with Crippen LogP contribution in [0, 0.1) is 5.92 Å². The summed E-state index contributed by atoms with van der Waals surface area (Å²) in [5.74, 6) is -1.50. The second kappa shape index (κ2) is 5.54. The van der Waals surface area contributed by atoms with Crippen molar-refractivity contribution in [2.45, 2.75) is 25.4 Å². The number of likely N-dealkylation sites (tertiary alicyclic amines) is 1. The fourth-order valence-corrected chi connectivity index (χ4v) is 4.11. The number of nitrogens with zero attached hydrogens (tertiary/aromatic N) is 3. The summed E-state index contributed by atoms with van der Waals surface area (Å²) in [6, 6.07) is 4.76. The lowest BCUT2D eigenvalue weighted by Gasteiger charge is -2.49. The van der Waals surface area contributed by atoms with Gasteiger partial charge in [-0.05, 0) is 30.2 Å². The highest BCUT2D eigenvalue weighted by molar-refractivity contribution is 6.02. The van der Waals surface area contributed by atoms with Crippen LogP contribution in [0.3, 0.4) is 0 Å². The van der Waals surface area contributed by atoms with E-state index in [1.165, 1.54) is 11.8 Å². The van der Waals surface area contributed by atoms with Gasteiger partial charge in [0.05, 0.1) is 11.7 Å². The zero-order chi connectivity index (χ0) is 17.7. The van der Waals surface area contributed by atoms with Crippen molar-refractivity contribution in [3.63, 3.8) is 0 Å². The lowest BCUT2D eigenvalue weighted by Crippen LogP contribution is -2.69. The summed E-state index contributed by atoms with van der Waals surface area (Å²) in [5, 5.41) is 9.63. The normalized spacial score (nSPS) is 27.6. The number of aliphatic carboxylic acids is 1. The van der Waals surface area contributed by atoms with Crippen LogP contribution in [0.1, 0.15) is 19.0 Å².